The summed E-state index contributed by atoms with van der Waals surface area (Å²) < 4.78 is 65.2. The molecule has 1 fully saturated rings. The van der Waals surface area contributed by atoms with E-state index in [1.54, 1.807) is 6.92 Å². The Morgan fingerprint density at radius 2 is 1.95 bits per heavy atom. The van der Waals surface area contributed by atoms with Crippen molar-refractivity contribution in [1.82, 2.24) is 9.62 Å². The number of nitrogens with one attached hydrogen (secondary N) is 1. The molecular weight excluding hydrogens is 281 g/mol. The van der Waals surface area contributed by atoms with Crippen LogP contribution in [0.25, 0.3) is 0 Å². The van der Waals surface area contributed by atoms with E-state index in [0.29, 0.717) is 19.2 Å². The fourth-order valence-corrected chi connectivity index (χ4v) is 3.70. The molecule has 0 unspecified atom stereocenters. The van der Waals surface area contributed by atoms with E-state index in [4.69, 9.17) is 0 Å². The van der Waals surface area contributed by atoms with Crippen molar-refractivity contribution in [2.24, 2.45) is 0 Å². The number of sulfonamides is 1. The molecule has 1 N–H and O–H groups in total. The van der Waals surface area contributed by atoms with Gasteiger partial charge in [-0.25, -0.2) is 21.6 Å². The molecule has 0 radical (unpaired) electrons. The van der Waals surface area contributed by atoms with E-state index in [9.17, 15) is 21.6 Å². The molecule has 0 saturated carbocycles. The molecule has 0 aliphatic carbocycles. The first kappa shape index (κ1) is 14.3. The van der Waals surface area contributed by atoms with Crippen molar-refractivity contribution in [3.05, 3.63) is 29.6 Å². The molecule has 1 aromatic rings. The second-order valence-electron chi connectivity index (χ2n) is 4.34. The van der Waals surface area contributed by atoms with E-state index in [0.717, 1.165) is 10.4 Å². The fourth-order valence-electron chi connectivity index (χ4n) is 2.01. The number of nitrogens with zero attached hydrogens (tertiary/aromatic N) is 1. The minimum atomic E-state index is -4.17. The molecule has 2 rings (SSSR count). The maximum absolute atomic E-state index is 13.6. The molecule has 1 aliphatic heterocycles. The molecular formula is C11H13F3N2O2S. The Hall–Kier alpha value is -1.12. The quantitative estimate of drug-likeness (QED) is 0.831. The normalized spacial score (nSPS) is 21.6. The molecule has 19 heavy (non-hydrogen) atoms. The Labute approximate surface area is 109 Å². The van der Waals surface area contributed by atoms with Crippen LogP contribution in [-0.4, -0.2) is 38.4 Å². The van der Waals surface area contributed by atoms with Crippen molar-refractivity contribution >= 4 is 10.0 Å². The number of hydrogen-bond acceptors (Lipinski definition) is 3. The predicted octanol–water partition coefficient (Wildman–Crippen LogP) is 1.09. The lowest BCUT2D eigenvalue weighted by molar-refractivity contribution is 0.282. The summed E-state index contributed by atoms with van der Waals surface area (Å²) in [5.41, 5.74) is 0. The average Bonchev–Trinajstić information content (AvgIpc) is 2.36. The Bertz CT molecular complexity index is 592. The molecule has 106 valence electrons. The molecule has 0 amide bonds. The highest BCUT2D eigenvalue weighted by atomic mass is 32.2. The highest BCUT2D eigenvalue weighted by Crippen LogP contribution is 2.24. The Kier molecular flexibility index (Phi) is 3.84. The number of rotatable bonds is 2. The lowest BCUT2D eigenvalue weighted by Gasteiger charge is -2.32. The van der Waals surface area contributed by atoms with Crippen LogP contribution in [0, 0.1) is 17.5 Å². The number of benzene rings is 1. The zero-order chi connectivity index (χ0) is 14.2. The van der Waals surface area contributed by atoms with E-state index < -0.39 is 32.4 Å². The molecule has 1 aliphatic rings. The van der Waals surface area contributed by atoms with Gasteiger partial charge in [-0.1, -0.05) is 0 Å². The van der Waals surface area contributed by atoms with E-state index in [2.05, 4.69) is 5.32 Å². The first-order chi connectivity index (χ1) is 8.85. The summed E-state index contributed by atoms with van der Waals surface area (Å²) in [6.07, 6.45) is 0. The molecule has 0 aromatic heterocycles. The summed E-state index contributed by atoms with van der Waals surface area (Å²) in [6, 6.07) is 0.974. The van der Waals surface area contributed by atoms with Crippen LogP contribution in [0.2, 0.25) is 0 Å². The second kappa shape index (κ2) is 5.10. The molecule has 1 heterocycles. The molecule has 1 saturated heterocycles. The highest BCUT2D eigenvalue weighted by molar-refractivity contribution is 7.89. The summed E-state index contributed by atoms with van der Waals surface area (Å²) in [6.45, 7) is 2.66. The van der Waals surface area contributed by atoms with Crippen molar-refractivity contribution in [2.75, 3.05) is 19.6 Å². The standard InChI is InChI=1S/C11H13F3N2O2S/c1-7-6-15-4-5-16(7)19(17,18)9-3-2-8(12)10(13)11(9)14/h2-3,7,15H,4-6H2,1H3/t7-/m0/s1. The van der Waals surface area contributed by atoms with Gasteiger partial charge in [-0.2, -0.15) is 4.31 Å². The van der Waals surface area contributed by atoms with Crippen LogP contribution in [0.15, 0.2) is 17.0 Å². The number of piperazine rings is 1. The smallest absolute Gasteiger partial charge is 0.246 e. The Morgan fingerprint density at radius 3 is 2.58 bits per heavy atom. The molecule has 1 aromatic carbocycles. The van der Waals surface area contributed by atoms with Crippen molar-refractivity contribution < 1.29 is 21.6 Å². The first-order valence-electron chi connectivity index (χ1n) is 5.71. The van der Waals surface area contributed by atoms with Gasteiger partial charge in [-0.15, -0.1) is 0 Å². The van der Waals surface area contributed by atoms with E-state index in [1.165, 1.54) is 0 Å². The number of hydrogen-bond donors (Lipinski definition) is 1. The van der Waals surface area contributed by atoms with Gasteiger partial charge in [-0.05, 0) is 19.1 Å². The summed E-state index contributed by atoms with van der Waals surface area (Å²) in [5, 5.41) is 2.99. The average molecular weight is 294 g/mol. The zero-order valence-corrected chi connectivity index (χ0v) is 11.0. The van der Waals surface area contributed by atoms with Crippen molar-refractivity contribution in [2.45, 2.75) is 17.9 Å². The minimum Gasteiger partial charge on any atom is -0.314 e. The van der Waals surface area contributed by atoms with E-state index >= 15 is 0 Å². The van der Waals surface area contributed by atoms with Crippen LogP contribution in [0.1, 0.15) is 6.92 Å². The number of halogens is 3. The second-order valence-corrected chi connectivity index (χ2v) is 6.20. The molecule has 4 nitrogen and oxygen atoms in total. The van der Waals surface area contributed by atoms with Crippen LogP contribution in [0.4, 0.5) is 13.2 Å². The van der Waals surface area contributed by atoms with Gasteiger partial charge in [-0.3, -0.25) is 0 Å². The summed E-state index contributed by atoms with van der Waals surface area (Å²) in [4.78, 5) is -0.833. The van der Waals surface area contributed by atoms with Gasteiger partial charge in [0, 0.05) is 25.7 Å². The maximum atomic E-state index is 13.6. The van der Waals surface area contributed by atoms with Crippen LogP contribution in [0.5, 0.6) is 0 Å². The van der Waals surface area contributed by atoms with Gasteiger partial charge < -0.3 is 5.32 Å². The van der Waals surface area contributed by atoms with Gasteiger partial charge in [0.2, 0.25) is 10.0 Å². The summed E-state index contributed by atoms with van der Waals surface area (Å²) in [7, 11) is -4.17. The van der Waals surface area contributed by atoms with Crippen LogP contribution >= 0.6 is 0 Å². The first-order valence-corrected chi connectivity index (χ1v) is 7.15. The summed E-state index contributed by atoms with van der Waals surface area (Å²) in [5.74, 6) is -4.86. The van der Waals surface area contributed by atoms with E-state index in [-0.39, 0.29) is 12.6 Å². The molecule has 0 spiro atoms. The maximum Gasteiger partial charge on any atom is 0.246 e. The molecule has 0 bridgehead atoms. The third-order valence-corrected chi connectivity index (χ3v) is 5.06. The Morgan fingerprint density at radius 1 is 1.26 bits per heavy atom. The largest absolute Gasteiger partial charge is 0.314 e. The van der Waals surface area contributed by atoms with Crippen molar-refractivity contribution in [3.8, 4) is 0 Å². The van der Waals surface area contributed by atoms with Gasteiger partial charge in [0.05, 0.1) is 0 Å². The zero-order valence-electron chi connectivity index (χ0n) is 10.2. The van der Waals surface area contributed by atoms with Gasteiger partial charge in [0.25, 0.3) is 0 Å². The monoisotopic (exact) mass is 294 g/mol. The van der Waals surface area contributed by atoms with Crippen LogP contribution < -0.4 is 5.32 Å². The van der Waals surface area contributed by atoms with E-state index in [1.807, 2.05) is 0 Å². The fraction of sp³-hybridized carbons (Fsp3) is 0.455. The topological polar surface area (TPSA) is 49.4 Å². The predicted molar refractivity (Wildman–Crippen MR) is 62.5 cm³/mol. The third-order valence-electron chi connectivity index (χ3n) is 3.03. The van der Waals surface area contributed by atoms with Crippen LogP contribution in [0.3, 0.4) is 0 Å². The molecule has 1 atom stereocenters. The Balaban J connectivity index is 2.48. The highest BCUT2D eigenvalue weighted by Gasteiger charge is 2.34. The SMILES string of the molecule is C[C@H]1CNCCN1S(=O)(=O)c1ccc(F)c(F)c1F. The van der Waals surface area contributed by atoms with Gasteiger partial charge in [0.1, 0.15) is 4.90 Å². The lowest BCUT2D eigenvalue weighted by atomic mass is 10.3. The third kappa shape index (κ3) is 2.47. The van der Waals surface area contributed by atoms with Gasteiger partial charge in [0.15, 0.2) is 17.5 Å². The lowest BCUT2D eigenvalue weighted by Crippen LogP contribution is -2.52. The summed E-state index contributed by atoms with van der Waals surface area (Å²) >= 11 is 0. The molecule has 8 heteroatoms. The van der Waals surface area contributed by atoms with Gasteiger partial charge >= 0.3 is 0 Å². The van der Waals surface area contributed by atoms with Crippen LogP contribution in [-0.2, 0) is 10.0 Å². The van der Waals surface area contributed by atoms with Crippen molar-refractivity contribution in [3.63, 3.8) is 0 Å². The minimum absolute atomic E-state index is 0.155. The van der Waals surface area contributed by atoms with Crippen molar-refractivity contribution in [1.29, 1.82) is 0 Å².